The number of benzene rings is 1. The van der Waals surface area contributed by atoms with E-state index in [9.17, 15) is 13.6 Å². The van der Waals surface area contributed by atoms with Gasteiger partial charge < -0.3 is 5.73 Å². The van der Waals surface area contributed by atoms with Crippen LogP contribution in [0.3, 0.4) is 0 Å². The van der Waals surface area contributed by atoms with E-state index in [1.807, 2.05) is 0 Å². The minimum absolute atomic E-state index is 0.158. The summed E-state index contributed by atoms with van der Waals surface area (Å²) in [4.78, 5) is 12.3. The van der Waals surface area contributed by atoms with Crippen molar-refractivity contribution in [1.82, 2.24) is 0 Å². The third-order valence-electron chi connectivity index (χ3n) is 3.67. The van der Waals surface area contributed by atoms with Crippen molar-refractivity contribution in [3.63, 3.8) is 0 Å². The van der Waals surface area contributed by atoms with Gasteiger partial charge >= 0.3 is 0 Å². The quantitative estimate of drug-likeness (QED) is 0.823. The molecule has 1 aromatic rings. The number of carbonyl (C=O) groups is 1. The van der Waals surface area contributed by atoms with Crippen LogP contribution in [0.4, 0.5) is 8.78 Å². The van der Waals surface area contributed by atoms with Crippen LogP contribution in [0.1, 0.15) is 43.0 Å². The van der Waals surface area contributed by atoms with Gasteiger partial charge in [-0.25, -0.2) is 8.78 Å². The van der Waals surface area contributed by atoms with Gasteiger partial charge in [-0.3, -0.25) is 4.79 Å². The van der Waals surface area contributed by atoms with Gasteiger partial charge in [0, 0.05) is 5.56 Å². The van der Waals surface area contributed by atoms with Gasteiger partial charge in [0.05, 0.1) is 5.54 Å². The Kier molecular flexibility index (Phi) is 3.48. The predicted octanol–water partition coefficient (Wildman–Crippen LogP) is 3.06. The van der Waals surface area contributed by atoms with Crippen molar-refractivity contribution in [3.8, 4) is 0 Å². The zero-order valence-corrected chi connectivity index (χ0v) is 10.4. The Hall–Kier alpha value is -1.29. The summed E-state index contributed by atoms with van der Waals surface area (Å²) in [7, 11) is 0. The smallest absolute Gasteiger partial charge is 0.182 e. The molecule has 1 aromatic carbocycles. The fourth-order valence-corrected chi connectivity index (χ4v) is 2.72. The molecule has 2 unspecified atom stereocenters. The standard InChI is InChI=1S/C14H17F2NO/c1-9-3-2-6-14(17,8-9)13(18)10-4-5-11(15)12(16)7-10/h4-5,7,9H,2-3,6,8,17H2,1H3. The Balaban J connectivity index is 2.27. The maximum Gasteiger partial charge on any atom is 0.182 e. The van der Waals surface area contributed by atoms with Gasteiger partial charge in [-0.05, 0) is 37.0 Å². The molecule has 4 heteroatoms. The number of nitrogens with two attached hydrogens (primary N) is 1. The van der Waals surface area contributed by atoms with E-state index in [1.54, 1.807) is 0 Å². The summed E-state index contributed by atoms with van der Waals surface area (Å²) < 4.78 is 26.0. The lowest BCUT2D eigenvalue weighted by Gasteiger charge is -2.35. The molecule has 1 saturated carbocycles. The highest BCUT2D eigenvalue weighted by atomic mass is 19.2. The molecule has 0 radical (unpaired) electrons. The molecular formula is C14H17F2NO. The van der Waals surface area contributed by atoms with Crippen LogP contribution in [0.25, 0.3) is 0 Å². The first-order valence-corrected chi connectivity index (χ1v) is 6.21. The molecule has 0 heterocycles. The molecule has 0 spiro atoms. The lowest BCUT2D eigenvalue weighted by Crippen LogP contribution is -2.51. The Morgan fingerprint density at radius 3 is 2.72 bits per heavy atom. The fraction of sp³-hybridized carbons (Fsp3) is 0.500. The average molecular weight is 253 g/mol. The molecule has 2 N–H and O–H groups in total. The van der Waals surface area contributed by atoms with Crippen molar-refractivity contribution in [2.75, 3.05) is 0 Å². The second-order valence-corrected chi connectivity index (χ2v) is 5.32. The maximum atomic E-state index is 13.1. The molecular weight excluding hydrogens is 236 g/mol. The lowest BCUT2D eigenvalue weighted by atomic mass is 9.73. The Morgan fingerprint density at radius 2 is 2.11 bits per heavy atom. The molecule has 1 fully saturated rings. The molecule has 2 rings (SSSR count). The van der Waals surface area contributed by atoms with Gasteiger partial charge in [0.1, 0.15) is 0 Å². The second-order valence-electron chi connectivity index (χ2n) is 5.32. The molecule has 0 aliphatic heterocycles. The van der Waals surface area contributed by atoms with Crippen molar-refractivity contribution in [1.29, 1.82) is 0 Å². The van der Waals surface area contributed by atoms with Gasteiger partial charge in [0.25, 0.3) is 0 Å². The number of halogens is 2. The van der Waals surface area contributed by atoms with Crippen LogP contribution >= 0.6 is 0 Å². The first kappa shape index (κ1) is 13.1. The zero-order chi connectivity index (χ0) is 13.3. The first-order valence-electron chi connectivity index (χ1n) is 6.21. The zero-order valence-electron chi connectivity index (χ0n) is 10.4. The van der Waals surface area contributed by atoms with E-state index >= 15 is 0 Å². The van der Waals surface area contributed by atoms with Crippen LogP contribution in [0.5, 0.6) is 0 Å². The maximum absolute atomic E-state index is 13.1. The topological polar surface area (TPSA) is 43.1 Å². The summed E-state index contributed by atoms with van der Waals surface area (Å²) in [5.74, 6) is -1.85. The van der Waals surface area contributed by atoms with Crippen molar-refractivity contribution in [2.24, 2.45) is 11.7 Å². The van der Waals surface area contributed by atoms with Gasteiger partial charge in [0.2, 0.25) is 0 Å². The van der Waals surface area contributed by atoms with E-state index in [0.29, 0.717) is 18.8 Å². The molecule has 0 saturated heterocycles. The third kappa shape index (κ3) is 2.43. The third-order valence-corrected chi connectivity index (χ3v) is 3.67. The summed E-state index contributed by atoms with van der Waals surface area (Å²) in [6, 6.07) is 3.21. The largest absolute Gasteiger partial charge is 0.319 e. The number of hydrogen-bond donors (Lipinski definition) is 1. The van der Waals surface area contributed by atoms with E-state index < -0.39 is 17.2 Å². The highest BCUT2D eigenvalue weighted by molar-refractivity contribution is 6.03. The molecule has 2 atom stereocenters. The monoisotopic (exact) mass is 253 g/mol. The highest BCUT2D eigenvalue weighted by Gasteiger charge is 2.38. The summed E-state index contributed by atoms with van der Waals surface area (Å²) in [5.41, 5.74) is 5.38. The average Bonchev–Trinajstić information content (AvgIpc) is 2.31. The molecule has 0 aromatic heterocycles. The Bertz CT molecular complexity index is 475. The molecule has 1 aliphatic carbocycles. The van der Waals surface area contributed by atoms with Crippen LogP contribution in [-0.2, 0) is 0 Å². The normalized spacial score (nSPS) is 28.1. The van der Waals surface area contributed by atoms with Crippen molar-refractivity contribution >= 4 is 5.78 Å². The molecule has 1 aliphatic rings. The van der Waals surface area contributed by atoms with Crippen LogP contribution in [0, 0.1) is 17.6 Å². The first-order chi connectivity index (χ1) is 8.42. The number of ketones is 1. The molecule has 2 nitrogen and oxygen atoms in total. The predicted molar refractivity (Wildman–Crippen MR) is 65.2 cm³/mol. The molecule has 0 amide bonds. The van der Waals surface area contributed by atoms with Crippen LogP contribution in [-0.4, -0.2) is 11.3 Å². The number of carbonyl (C=O) groups excluding carboxylic acids is 1. The summed E-state index contributed by atoms with van der Waals surface area (Å²) in [6.45, 7) is 2.05. The Labute approximate surface area is 105 Å². The van der Waals surface area contributed by atoms with Gasteiger partial charge in [-0.1, -0.05) is 19.8 Å². The van der Waals surface area contributed by atoms with E-state index in [-0.39, 0.29) is 11.3 Å². The van der Waals surface area contributed by atoms with Gasteiger partial charge in [-0.15, -0.1) is 0 Å². The van der Waals surface area contributed by atoms with Gasteiger partial charge in [0.15, 0.2) is 17.4 Å². The summed E-state index contributed by atoms with van der Waals surface area (Å²) in [6.07, 6.45) is 3.16. The SMILES string of the molecule is CC1CCCC(N)(C(=O)c2ccc(F)c(F)c2)C1. The number of Topliss-reactive ketones (excluding diaryl/α,β-unsaturated/α-hetero) is 1. The number of rotatable bonds is 2. The van der Waals surface area contributed by atoms with E-state index in [0.717, 1.165) is 25.0 Å². The van der Waals surface area contributed by atoms with E-state index in [1.165, 1.54) is 6.07 Å². The highest BCUT2D eigenvalue weighted by Crippen LogP contribution is 2.33. The van der Waals surface area contributed by atoms with Crippen LogP contribution in [0.15, 0.2) is 18.2 Å². The lowest BCUT2D eigenvalue weighted by molar-refractivity contribution is 0.0819. The summed E-state index contributed by atoms with van der Waals surface area (Å²) >= 11 is 0. The van der Waals surface area contributed by atoms with Crippen LogP contribution in [0.2, 0.25) is 0 Å². The summed E-state index contributed by atoms with van der Waals surface area (Å²) in [5, 5.41) is 0. The van der Waals surface area contributed by atoms with E-state index in [4.69, 9.17) is 5.73 Å². The molecule has 98 valence electrons. The Morgan fingerprint density at radius 1 is 1.39 bits per heavy atom. The fourth-order valence-electron chi connectivity index (χ4n) is 2.72. The van der Waals surface area contributed by atoms with Crippen molar-refractivity contribution in [2.45, 2.75) is 38.1 Å². The van der Waals surface area contributed by atoms with E-state index in [2.05, 4.69) is 6.92 Å². The molecule has 18 heavy (non-hydrogen) atoms. The number of hydrogen-bond acceptors (Lipinski definition) is 2. The van der Waals surface area contributed by atoms with Crippen molar-refractivity contribution in [3.05, 3.63) is 35.4 Å². The molecule has 0 bridgehead atoms. The minimum Gasteiger partial charge on any atom is -0.319 e. The second kappa shape index (κ2) is 4.76. The minimum atomic E-state index is -1.01. The van der Waals surface area contributed by atoms with Gasteiger partial charge in [-0.2, -0.15) is 0 Å². The van der Waals surface area contributed by atoms with Crippen molar-refractivity contribution < 1.29 is 13.6 Å². The van der Waals surface area contributed by atoms with Crippen LogP contribution < -0.4 is 5.73 Å².